The molecule has 2 rings (SSSR count). The number of rotatable bonds is 8. The molecule has 0 saturated heterocycles. The molecule has 1 unspecified atom stereocenters. The summed E-state index contributed by atoms with van der Waals surface area (Å²) in [5.74, 6) is 0.913. The molecule has 1 amide bonds. The lowest BCUT2D eigenvalue weighted by molar-refractivity contribution is -0.121. The predicted octanol–water partition coefficient (Wildman–Crippen LogP) is 3.05. The minimum absolute atomic E-state index is 0.0258. The van der Waals surface area contributed by atoms with Crippen molar-refractivity contribution in [2.75, 3.05) is 13.7 Å². The zero-order valence-electron chi connectivity index (χ0n) is 13.7. The van der Waals surface area contributed by atoms with Gasteiger partial charge in [-0.05, 0) is 18.6 Å². The highest BCUT2D eigenvalue weighted by molar-refractivity contribution is 5.76. The maximum Gasteiger partial charge on any atom is 0.221 e. The molecule has 0 heterocycles. The van der Waals surface area contributed by atoms with Crippen LogP contribution >= 0.6 is 0 Å². The van der Waals surface area contributed by atoms with Gasteiger partial charge in [0.2, 0.25) is 5.91 Å². The zero-order valence-corrected chi connectivity index (χ0v) is 13.7. The molecule has 2 aromatic carbocycles. The quantitative estimate of drug-likeness (QED) is 0.737. The SMILES string of the molecule is COc1ccccc1CNCCC(=O)NC(C)c1ccccc1. The summed E-state index contributed by atoms with van der Waals surface area (Å²) in [5, 5.41) is 6.29. The molecule has 4 heteroatoms. The van der Waals surface area contributed by atoms with Crippen molar-refractivity contribution in [2.24, 2.45) is 0 Å². The second-order valence-electron chi connectivity index (χ2n) is 5.44. The van der Waals surface area contributed by atoms with Crippen molar-refractivity contribution >= 4 is 5.91 Å². The lowest BCUT2D eigenvalue weighted by Gasteiger charge is -2.14. The fraction of sp³-hybridized carbons (Fsp3) is 0.316. The number of methoxy groups -OCH3 is 1. The maximum atomic E-state index is 12.0. The Labute approximate surface area is 137 Å². The maximum absolute atomic E-state index is 12.0. The van der Waals surface area contributed by atoms with Gasteiger partial charge in [0, 0.05) is 25.1 Å². The highest BCUT2D eigenvalue weighted by atomic mass is 16.5. The molecule has 2 aromatic rings. The summed E-state index contributed by atoms with van der Waals surface area (Å²) in [7, 11) is 1.66. The number of para-hydroxylation sites is 1. The molecular formula is C19H24N2O2. The van der Waals surface area contributed by atoms with Gasteiger partial charge in [0.1, 0.15) is 5.75 Å². The first-order chi connectivity index (χ1) is 11.2. The van der Waals surface area contributed by atoms with Crippen LogP contribution in [0.5, 0.6) is 5.75 Å². The Balaban J connectivity index is 1.71. The van der Waals surface area contributed by atoms with Crippen molar-refractivity contribution in [3.63, 3.8) is 0 Å². The summed E-state index contributed by atoms with van der Waals surface area (Å²) in [6, 6.07) is 17.9. The molecule has 4 nitrogen and oxygen atoms in total. The number of carbonyl (C=O) groups is 1. The summed E-state index contributed by atoms with van der Waals surface area (Å²) in [4.78, 5) is 12.0. The van der Waals surface area contributed by atoms with E-state index in [4.69, 9.17) is 4.74 Å². The Morgan fingerprint density at radius 2 is 1.78 bits per heavy atom. The first-order valence-electron chi connectivity index (χ1n) is 7.87. The van der Waals surface area contributed by atoms with Crippen molar-refractivity contribution in [3.8, 4) is 5.75 Å². The van der Waals surface area contributed by atoms with E-state index in [1.807, 2.05) is 61.5 Å². The summed E-state index contributed by atoms with van der Waals surface area (Å²) >= 11 is 0. The van der Waals surface area contributed by atoms with Crippen LogP contribution in [0, 0.1) is 0 Å². The molecule has 0 spiro atoms. The van der Waals surface area contributed by atoms with E-state index in [9.17, 15) is 4.79 Å². The molecule has 0 aliphatic heterocycles. The van der Waals surface area contributed by atoms with Gasteiger partial charge in [0.15, 0.2) is 0 Å². The molecular weight excluding hydrogens is 288 g/mol. The van der Waals surface area contributed by atoms with Crippen molar-refractivity contribution < 1.29 is 9.53 Å². The van der Waals surface area contributed by atoms with Gasteiger partial charge in [-0.25, -0.2) is 0 Å². The number of nitrogens with one attached hydrogen (secondary N) is 2. The summed E-state index contributed by atoms with van der Waals surface area (Å²) < 4.78 is 5.31. The Kier molecular flexibility index (Phi) is 6.63. The Morgan fingerprint density at radius 3 is 2.52 bits per heavy atom. The van der Waals surface area contributed by atoms with Crippen LogP contribution in [0.3, 0.4) is 0 Å². The van der Waals surface area contributed by atoms with E-state index in [1.165, 1.54) is 0 Å². The molecule has 122 valence electrons. The fourth-order valence-corrected chi connectivity index (χ4v) is 2.41. The van der Waals surface area contributed by atoms with Gasteiger partial charge < -0.3 is 15.4 Å². The molecule has 23 heavy (non-hydrogen) atoms. The van der Waals surface area contributed by atoms with Crippen LogP contribution in [0.4, 0.5) is 0 Å². The van der Waals surface area contributed by atoms with E-state index < -0.39 is 0 Å². The van der Waals surface area contributed by atoms with Crippen molar-refractivity contribution in [1.82, 2.24) is 10.6 Å². The van der Waals surface area contributed by atoms with Crippen LogP contribution in [-0.2, 0) is 11.3 Å². The number of benzene rings is 2. The van der Waals surface area contributed by atoms with E-state index in [0.29, 0.717) is 19.5 Å². The van der Waals surface area contributed by atoms with E-state index in [1.54, 1.807) is 7.11 Å². The third-order valence-corrected chi connectivity index (χ3v) is 3.71. The smallest absolute Gasteiger partial charge is 0.221 e. The van der Waals surface area contributed by atoms with E-state index in [2.05, 4.69) is 10.6 Å². The number of ether oxygens (including phenoxy) is 1. The summed E-state index contributed by atoms with van der Waals surface area (Å²) in [5.41, 5.74) is 2.20. The average Bonchev–Trinajstić information content (AvgIpc) is 2.59. The van der Waals surface area contributed by atoms with E-state index in [0.717, 1.165) is 16.9 Å². The topological polar surface area (TPSA) is 50.4 Å². The largest absolute Gasteiger partial charge is 0.496 e. The third kappa shape index (κ3) is 5.42. The molecule has 0 radical (unpaired) electrons. The van der Waals surface area contributed by atoms with Gasteiger partial charge in [-0.2, -0.15) is 0 Å². The minimum Gasteiger partial charge on any atom is -0.496 e. The number of carbonyl (C=O) groups excluding carboxylic acids is 1. The normalized spacial score (nSPS) is 11.7. The third-order valence-electron chi connectivity index (χ3n) is 3.71. The molecule has 0 aromatic heterocycles. The lowest BCUT2D eigenvalue weighted by atomic mass is 10.1. The molecule has 1 atom stereocenters. The van der Waals surface area contributed by atoms with Gasteiger partial charge in [-0.15, -0.1) is 0 Å². The molecule has 0 saturated carbocycles. The highest BCUT2D eigenvalue weighted by Gasteiger charge is 2.08. The summed E-state index contributed by atoms with van der Waals surface area (Å²) in [6.45, 7) is 3.31. The lowest BCUT2D eigenvalue weighted by Crippen LogP contribution is -2.29. The van der Waals surface area contributed by atoms with Crippen molar-refractivity contribution in [2.45, 2.75) is 25.9 Å². The molecule has 0 aliphatic rings. The second kappa shape index (κ2) is 8.96. The Hall–Kier alpha value is -2.33. The number of amides is 1. The van der Waals surface area contributed by atoms with Crippen LogP contribution < -0.4 is 15.4 Å². The van der Waals surface area contributed by atoms with Crippen LogP contribution in [0.15, 0.2) is 54.6 Å². The zero-order chi connectivity index (χ0) is 16.5. The van der Waals surface area contributed by atoms with Crippen LogP contribution in [0.25, 0.3) is 0 Å². The summed E-state index contributed by atoms with van der Waals surface area (Å²) in [6.07, 6.45) is 0.451. The van der Waals surface area contributed by atoms with Gasteiger partial charge >= 0.3 is 0 Å². The highest BCUT2D eigenvalue weighted by Crippen LogP contribution is 2.16. The van der Waals surface area contributed by atoms with Crippen molar-refractivity contribution in [1.29, 1.82) is 0 Å². The monoisotopic (exact) mass is 312 g/mol. The number of hydrogen-bond donors (Lipinski definition) is 2. The Bertz CT molecular complexity index is 614. The van der Waals surface area contributed by atoms with Gasteiger partial charge in [0.25, 0.3) is 0 Å². The Morgan fingerprint density at radius 1 is 1.09 bits per heavy atom. The predicted molar refractivity (Wildman–Crippen MR) is 92.3 cm³/mol. The first kappa shape index (κ1) is 17.0. The molecule has 0 fully saturated rings. The molecule has 0 aliphatic carbocycles. The molecule has 2 N–H and O–H groups in total. The van der Waals surface area contributed by atoms with Crippen LogP contribution in [0.2, 0.25) is 0 Å². The number of hydrogen-bond acceptors (Lipinski definition) is 3. The minimum atomic E-state index is 0.0258. The van der Waals surface area contributed by atoms with E-state index >= 15 is 0 Å². The van der Waals surface area contributed by atoms with Crippen LogP contribution in [-0.4, -0.2) is 19.6 Å². The van der Waals surface area contributed by atoms with Crippen molar-refractivity contribution in [3.05, 3.63) is 65.7 Å². The standard InChI is InChI=1S/C19H24N2O2/c1-15(16-8-4-3-5-9-16)21-19(22)12-13-20-14-17-10-6-7-11-18(17)23-2/h3-11,15,20H,12-14H2,1-2H3,(H,21,22). The molecule has 0 bridgehead atoms. The average molecular weight is 312 g/mol. The van der Waals surface area contributed by atoms with Gasteiger partial charge in [-0.1, -0.05) is 48.5 Å². The van der Waals surface area contributed by atoms with E-state index in [-0.39, 0.29) is 11.9 Å². The first-order valence-corrected chi connectivity index (χ1v) is 7.87. The van der Waals surface area contributed by atoms with Gasteiger partial charge in [0.05, 0.1) is 13.2 Å². The van der Waals surface area contributed by atoms with Gasteiger partial charge in [-0.3, -0.25) is 4.79 Å². The fourth-order valence-electron chi connectivity index (χ4n) is 2.41. The van der Waals surface area contributed by atoms with Crippen LogP contribution in [0.1, 0.15) is 30.5 Å². The second-order valence-corrected chi connectivity index (χ2v) is 5.44.